The molecule has 8 heteroatoms. The van der Waals surface area contributed by atoms with Crippen LogP contribution in [-0.2, 0) is 4.74 Å². The van der Waals surface area contributed by atoms with Gasteiger partial charge in [0.1, 0.15) is 5.82 Å². The Labute approximate surface area is 181 Å². The van der Waals surface area contributed by atoms with E-state index in [1.165, 1.54) is 25.5 Å². The predicted molar refractivity (Wildman–Crippen MR) is 119 cm³/mol. The molecule has 1 aromatic carbocycles. The Morgan fingerprint density at radius 1 is 1.19 bits per heavy atom. The quantitative estimate of drug-likeness (QED) is 0.658. The van der Waals surface area contributed by atoms with Crippen LogP contribution < -0.4 is 10.6 Å². The zero-order valence-electron chi connectivity index (χ0n) is 17.8. The summed E-state index contributed by atoms with van der Waals surface area (Å²) < 4.78 is 6.77. The number of nitrogens with zero attached hydrogens (tertiary/aromatic N) is 4. The van der Waals surface area contributed by atoms with Gasteiger partial charge in [-0.1, -0.05) is 24.3 Å². The smallest absolute Gasteiger partial charge is 0.409 e. The van der Waals surface area contributed by atoms with Gasteiger partial charge in [0.25, 0.3) is 0 Å². The van der Waals surface area contributed by atoms with Gasteiger partial charge in [-0.3, -0.25) is 0 Å². The van der Waals surface area contributed by atoms with Crippen LogP contribution in [0, 0.1) is 0 Å². The maximum Gasteiger partial charge on any atom is 0.409 e. The number of carbonyl (C=O) groups is 1. The van der Waals surface area contributed by atoms with E-state index in [0.717, 1.165) is 48.7 Å². The number of carbonyl (C=O) groups excluding carboxylic acids is 1. The normalized spacial score (nSPS) is 21.0. The van der Waals surface area contributed by atoms with Crippen LogP contribution in [0.3, 0.4) is 0 Å². The van der Waals surface area contributed by atoms with E-state index in [1.807, 2.05) is 22.8 Å². The molecule has 2 fully saturated rings. The van der Waals surface area contributed by atoms with Crippen molar-refractivity contribution < 1.29 is 9.53 Å². The molecule has 2 saturated heterocycles. The molecule has 0 aliphatic carbocycles. The standard InChI is InChI=1S/C23H28N6O2/c1-31-23(30)28-13-3-4-18(28)14-25-21-10-11-22-26-15-20(29(22)27-21)17-8-6-16(7-9-17)19-5-2-12-24-19/h6-11,15,18-19,24H,2-5,12-14H2,1H3,(H,25,27)/t18-,19?/m0/s1. The SMILES string of the molecule is COC(=O)N1CCC[C@H]1CNc1ccc2ncc(-c3ccc(C4CCCN4)cc3)n2n1. The van der Waals surface area contributed by atoms with Crippen LogP contribution in [-0.4, -0.2) is 58.4 Å². The number of likely N-dealkylation sites (tertiary alicyclic amines) is 1. The van der Waals surface area contributed by atoms with E-state index >= 15 is 0 Å². The van der Waals surface area contributed by atoms with E-state index in [1.54, 1.807) is 4.90 Å². The minimum Gasteiger partial charge on any atom is -0.453 e. The number of hydrogen-bond acceptors (Lipinski definition) is 6. The highest BCUT2D eigenvalue weighted by molar-refractivity contribution is 5.68. The lowest BCUT2D eigenvalue weighted by Crippen LogP contribution is -2.39. The molecule has 1 unspecified atom stereocenters. The van der Waals surface area contributed by atoms with E-state index in [0.29, 0.717) is 12.6 Å². The molecule has 2 N–H and O–H groups in total. The second-order valence-electron chi connectivity index (χ2n) is 8.24. The van der Waals surface area contributed by atoms with Crippen LogP contribution in [0.4, 0.5) is 10.6 Å². The lowest BCUT2D eigenvalue weighted by molar-refractivity contribution is 0.120. The molecule has 2 aliphatic rings. The van der Waals surface area contributed by atoms with E-state index < -0.39 is 0 Å². The summed E-state index contributed by atoms with van der Waals surface area (Å²) in [5.41, 5.74) is 4.18. The number of anilines is 1. The highest BCUT2D eigenvalue weighted by atomic mass is 16.5. The first-order valence-electron chi connectivity index (χ1n) is 11.0. The van der Waals surface area contributed by atoms with Crippen molar-refractivity contribution in [3.05, 3.63) is 48.2 Å². The van der Waals surface area contributed by atoms with Crippen molar-refractivity contribution in [3.8, 4) is 11.3 Å². The molecule has 5 rings (SSSR count). The summed E-state index contributed by atoms with van der Waals surface area (Å²) >= 11 is 0. The zero-order chi connectivity index (χ0) is 21.2. The molecule has 1 amide bonds. The second-order valence-corrected chi connectivity index (χ2v) is 8.24. The number of rotatable bonds is 5. The fraction of sp³-hybridized carbons (Fsp3) is 0.435. The van der Waals surface area contributed by atoms with Crippen LogP contribution in [0.25, 0.3) is 16.9 Å². The van der Waals surface area contributed by atoms with Crippen molar-refractivity contribution in [3.63, 3.8) is 0 Å². The van der Waals surface area contributed by atoms with Crippen molar-refractivity contribution >= 4 is 17.6 Å². The maximum absolute atomic E-state index is 11.9. The highest BCUT2D eigenvalue weighted by Gasteiger charge is 2.29. The largest absolute Gasteiger partial charge is 0.453 e. The van der Waals surface area contributed by atoms with E-state index in [2.05, 4.69) is 39.9 Å². The van der Waals surface area contributed by atoms with E-state index in [-0.39, 0.29) is 12.1 Å². The third-order valence-electron chi connectivity index (χ3n) is 6.34. The van der Waals surface area contributed by atoms with Crippen LogP contribution >= 0.6 is 0 Å². The maximum atomic E-state index is 11.9. The first-order valence-corrected chi connectivity index (χ1v) is 11.0. The molecule has 0 bridgehead atoms. The Morgan fingerprint density at radius 3 is 2.84 bits per heavy atom. The van der Waals surface area contributed by atoms with Crippen LogP contribution in [0.1, 0.15) is 37.3 Å². The minimum absolute atomic E-state index is 0.115. The van der Waals surface area contributed by atoms with Crippen molar-refractivity contribution in [2.24, 2.45) is 0 Å². The number of aromatic nitrogens is 3. The Morgan fingerprint density at radius 2 is 2.06 bits per heavy atom. The summed E-state index contributed by atoms with van der Waals surface area (Å²) in [6.45, 7) is 2.47. The Kier molecular flexibility index (Phi) is 5.46. The summed E-state index contributed by atoms with van der Waals surface area (Å²) in [5.74, 6) is 0.759. The molecule has 162 valence electrons. The fourth-order valence-corrected chi connectivity index (χ4v) is 4.65. The number of fused-ring (bicyclic) bond motifs is 1. The lowest BCUT2D eigenvalue weighted by atomic mass is 10.0. The number of ether oxygens (including phenoxy) is 1. The van der Waals surface area contributed by atoms with Gasteiger partial charge in [0.15, 0.2) is 5.65 Å². The van der Waals surface area contributed by atoms with Gasteiger partial charge >= 0.3 is 6.09 Å². The molecule has 0 saturated carbocycles. The molecule has 2 aromatic heterocycles. The average Bonchev–Trinajstić information content (AvgIpc) is 3.58. The van der Waals surface area contributed by atoms with Crippen LogP contribution in [0.5, 0.6) is 0 Å². The number of hydrogen-bond donors (Lipinski definition) is 2. The van der Waals surface area contributed by atoms with Gasteiger partial charge in [-0.25, -0.2) is 14.3 Å². The summed E-state index contributed by atoms with van der Waals surface area (Å²) in [7, 11) is 1.43. The zero-order valence-corrected chi connectivity index (χ0v) is 17.8. The Bertz CT molecular complexity index is 1060. The lowest BCUT2D eigenvalue weighted by Gasteiger charge is -2.23. The van der Waals surface area contributed by atoms with Gasteiger partial charge in [-0.05, 0) is 49.9 Å². The molecule has 3 aromatic rings. The average molecular weight is 421 g/mol. The van der Waals surface area contributed by atoms with Crippen molar-refractivity contribution in [2.75, 3.05) is 32.1 Å². The van der Waals surface area contributed by atoms with Gasteiger partial charge in [0.05, 0.1) is 25.0 Å². The van der Waals surface area contributed by atoms with Crippen molar-refractivity contribution in [2.45, 2.75) is 37.8 Å². The summed E-state index contributed by atoms with van der Waals surface area (Å²) in [4.78, 5) is 18.2. The number of methoxy groups -OCH3 is 1. The first-order chi connectivity index (χ1) is 15.2. The molecule has 2 aliphatic heterocycles. The summed E-state index contributed by atoms with van der Waals surface area (Å²) in [6.07, 6.45) is 5.98. The minimum atomic E-state index is -0.263. The Hall–Kier alpha value is -3.13. The third kappa shape index (κ3) is 3.95. The van der Waals surface area contributed by atoms with Gasteiger partial charge in [-0.15, -0.1) is 5.10 Å². The molecular weight excluding hydrogens is 392 g/mol. The molecule has 0 radical (unpaired) electrons. The van der Waals surface area contributed by atoms with Crippen molar-refractivity contribution in [1.82, 2.24) is 24.8 Å². The van der Waals surface area contributed by atoms with Crippen LogP contribution in [0.2, 0.25) is 0 Å². The fourth-order valence-electron chi connectivity index (χ4n) is 4.65. The second kappa shape index (κ2) is 8.55. The van der Waals surface area contributed by atoms with Gasteiger partial charge in [0, 0.05) is 24.7 Å². The molecular formula is C23H28N6O2. The monoisotopic (exact) mass is 420 g/mol. The van der Waals surface area contributed by atoms with Gasteiger partial charge in [-0.2, -0.15) is 0 Å². The van der Waals surface area contributed by atoms with Gasteiger partial charge in [0.2, 0.25) is 0 Å². The van der Waals surface area contributed by atoms with E-state index in [9.17, 15) is 4.79 Å². The van der Waals surface area contributed by atoms with Gasteiger partial charge < -0.3 is 20.3 Å². The molecule has 31 heavy (non-hydrogen) atoms. The molecule has 8 nitrogen and oxygen atoms in total. The molecule has 2 atom stereocenters. The summed E-state index contributed by atoms with van der Waals surface area (Å²) in [6, 6.07) is 13.2. The predicted octanol–water partition coefficient (Wildman–Crippen LogP) is 3.46. The number of amides is 1. The molecule has 4 heterocycles. The summed E-state index contributed by atoms with van der Waals surface area (Å²) in [5, 5.41) is 11.7. The first kappa shape index (κ1) is 19.8. The molecule has 0 spiro atoms. The Balaban J connectivity index is 1.33. The van der Waals surface area contributed by atoms with Crippen molar-refractivity contribution in [1.29, 1.82) is 0 Å². The van der Waals surface area contributed by atoms with E-state index in [4.69, 9.17) is 9.84 Å². The van der Waals surface area contributed by atoms with Crippen LogP contribution in [0.15, 0.2) is 42.6 Å². The number of imidazole rings is 1. The highest BCUT2D eigenvalue weighted by Crippen LogP contribution is 2.27. The topological polar surface area (TPSA) is 83.8 Å². The number of benzene rings is 1. The number of nitrogens with one attached hydrogen (secondary N) is 2. The third-order valence-corrected chi connectivity index (χ3v) is 6.34.